The number of benzene rings is 1. The number of carbonyl (C=O) groups is 1. The molecular formula is C18H22N4O2. The van der Waals surface area contributed by atoms with E-state index in [0.717, 1.165) is 29.1 Å². The summed E-state index contributed by atoms with van der Waals surface area (Å²) in [5, 5.41) is 5.93. The number of para-hydroxylation sites is 1. The molecule has 0 saturated carbocycles. The van der Waals surface area contributed by atoms with Crippen molar-refractivity contribution in [1.82, 2.24) is 15.6 Å². The highest BCUT2D eigenvalue weighted by Gasteiger charge is 2.22. The second-order valence-corrected chi connectivity index (χ2v) is 5.97. The van der Waals surface area contributed by atoms with Crippen LogP contribution in [-0.2, 0) is 6.54 Å². The maximum atomic E-state index is 12.2. The molecule has 1 aromatic carbocycles. The third-order valence-electron chi connectivity index (χ3n) is 3.99. The molecule has 126 valence electrons. The summed E-state index contributed by atoms with van der Waals surface area (Å²) in [5.74, 6) is 1.71. The highest BCUT2D eigenvalue weighted by atomic mass is 16.5. The molecule has 2 heterocycles. The number of carbonyl (C=O) groups excluding carboxylic acids is 1. The third kappa shape index (κ3) is 3.76. The fraction of sp³-hybridized carbons (Fsp3) is 0.333. The van der Waals surface area contributed by atoms with Gasteiger partial charge in [0.25, 0.3) is 0 Å². The van der Waals surface area contributed by atoms with Crippen LogP contribution >= 0.6 is 0 Å². The van der Waals surface area contributed by atoms with Crippen LogP contribution in [0.4, 0.5) is 10.6 Å². The third-order valence-corrected chi connectivity index (χ3v) is 3.99. The normalized spacial score (nSPS) is 15.8. The van der Waals surface area contributed by atoms with E-state index in [1.165, 1.54) is 0 Å². The number of aromatic nitrogens is 1. The summed E-state index contributed by atoms with van der Waals surface area (Å²) < 4.78 is 5.62. The van der Waals surface area contributed by atoms with Gasteiger partial charge in [-0.3, -0.25) is 0 Å². The molecule has 1 aromatic heterocycles. The second-order valence-electron chi connectivity index (χ2n) is 5.97. The summed E-state index contributed by atoms with van der Waals surface area (Å²) in [6.07, 6.45) is 2.52. The number of hydrogen-bond acceptors (Lipinski definition) is 4. The van der Waals surface area contributed by atoms with Crippen LogP contribution in [0.5, 0.6) is 5.75 Å². The maximum absolute atomic E-state index is 12.2. The smallest absolute Gasteiger partial charge is 0.315 e. The minimum absolute atomic E-state index is 0.0234. The molecule has 1 aliphatic heterocycles. The summed E-state index contributed by atoms with van der Waals surface area (Å²) >= 11 is 0. The van der Waals surface area contributed by atoms with E-state index in [4.69, 9.17) is 4.74 Å². The van der Waals surface area contributed by atoms with Crippen LogP contribution in [0.2, 0.25) is 0 Å². The zero-order chi connectivity index (χ0) is 16.9. The molecule has 0 aliphatic carbocycles. The summed E-state index contributed by atoms with van der Waals surface area (Å²) in [5.41, 5.74) is 2.04. The molecule has 1 unspecified atom stereocenters. The van der Waals surface area contributed by atoms with Gasteiger partial charge in [-0.25, -0.2) is 9.78 Å². The SMILES string of the molecule is CN(C)c1cc(CNC(=O)NC2CCOc3ccccc32)ccn1. The van der Waals surface area contributed by atoms with Gasteiger partial charge >= 0.3 is 6.03 Å². The number of nitrogens with zero attached hydrogens (tertiary/aromatic N) is 2. The van der Waals surface area contributed by atoms with Gasteiger partial charge in [-0.15, -0.1) is 0 Å². The molecule has 3 rings (SSSR count). The minimum atomic E-state index is -0.181. The zero-order valence-corrected chi connectivity index (χ0v) is 14.0. The van der Waals surface area contributed by atoms with Gasteiger partial charge in [0, 0.05) is 38.8 Å². The van der Waals surface area contributed by atoms with Crippen LogP contribution in [0.15, 0.2) is 42.6 Å². The summed E-state index contributed by atoms with van der Waals surface area (Å²) in [6, 6.07) is 11.5. The van der Waals surface area contributed by atoms with E-state index in [0.29, 0.717) is 13.2 Å². The monoisotopic (exact) mass is 326 g/mol. The number of urea groups is 1. The summed E-state index contributed by atoms with van der Waals surface area (Å²) in [6.45, 7) is 1.07. The Balaban J connectivity index is 1.58. The predicted molar refractivity (Wildman–Crippen MR) is 93.2 cm³/mol. The molecule has 24 heavy (non-hydrogen) atoms. The van der Waals surface area contributed by atoms with Crippen molar-refractivity contribution in [2.75, 3.05) is 25.6 Å². The molecule has 0 fully saturated rings. The summed E-state index contributed by atoms with van der Waals surface area (Å²) in [4.78, 5) is 18.4. The van der Waals surface area contributed by atoms with Crippen LogP contribution in [0.3, 0.4) is 0 Å². The zero-order valence-electron chi connectivity index (χ0n) is 14.0. The van der Waals surface area contributed by atoms with Gasteiger partial charge in [-0.1, -0.05) is 18.2 Å². The van der Waals surface area contributed by atoms with E-state index in [1.807, 2.05) is 55.4 Å². The number of ether oxygens (including phenoxy) is 1. The number of nitrogens with one attached hydrogen (secondary N) is 2. The van der Waals surface area contributed by atoms with Crippen molar-refractivity contribution in [3.63, 3.8) is 0 Å². The van der Waals surface area contributed by atoms with E-state index in [-0.39, 0.29) is 12.1 Å². The Morgan fingerprint density at radius 3 is 3.00 bits per heavy atom. The lowest BCUT2D eigenvalue weighted by molar-refractivity contribution is 0.223. The van der Waals surface area contributed by atoms with Gasteiger partial charge in [-0.2, -0.15) is 0 Å². The van der Waals surface area contributed by atoms with Crippen molar-refractivity contribution in [2.24, 2.45) is 0 Å². The predicted octanol–water partition coefficient (Wildman–Crippen LogP) is 2.47. The van der Waals surface area contributed by atoms with Crippen LogP contribution < -0.4 is 20.3 Å². The van der Waals surface area contributed by atoms with Gasteiger partial charge in [0.2, 0.25) is 0 Å². The molecule has 0 spiro atoms. The molecule has 2 amide bonds. The maximum Gasteiger partial charge on any atom is 0.315 e. The Labute approximate surface area is 141 Å². The first-order valence-corrected chi connectivity index (χ1v) is 8.02. The molecule has 0 bridgehead atoms. The number of amides is 2. The van der Waals surface area contributed by atoms with E-state index in [2.05, 4.69) is 15.6 Å². The minimum Gasteiger partial charge on any atom is -0.493 e. The van der Waals surface area contributed by atoms with Gasteiger partial charge in [0.15, 0.2) is 0 Å². The average Bonchev–Trinajstić information content (AvgIpc) is 2.60. The number of hydrogen-bond donors (Lipinski definition) is 2. The first-order valence-electron chi connectivity index (χ1n) is 8.02. The molecule has 2 N–H and O–H groups in total. The quantitative estimate of drug-likeness (QED) is 0.906. The lowest BCUT2D eigenvalue weighted by atomic mass is 10.0. The van der Waals surface area contributed by atoms with Crippen LogP contribution in [0.1, 0.15) is 23.6 Å². The topological polar surface area (TPSA) is 66.5 Å². The van der Waals surface area contributed by atoms with Gasteiger partial charge in [0.1, 0.15) is 11.6 Å². The number of pyridine rings is 1. The first-order chi connectivity index (χ1) is 11.6. The lowest BCUT2D eigenvalue weighted by Gasteiger charge is -2.26. The Bertz CT molecular complexity index is 718. The molecule has 6 nitrogen and oxygen atoms in total. The van der Waals surface area contributed by atoms with E-state index >= 15 is 0 Å². The largest absolute Gasteiger partial charge is 0.493 e. The molecule has 1 aliphatic rings. The van der Waals surface area contributed by atoms with Crippen molar-refractivity contribution < 1.29 is 9.53 Å². The molecule has 0 saturated heterocycles. The number of rotatable bonds is 4. The van der Waals surface area contributed by atoms with Crippen molar-refractivity contribution in [2.45, 2.75) is 19.0 Å². The van der Waals surface area contributed by atoms with E-state index in [1.54, 1.807) is 6.20 Å². The van der Waals surface area contributed by atoms with Crippen molar-refractivity contribution in [3.8, 4) is 5.75 Å². The number of anilines is 1. The second kappa shape index (κ2) is 7.21. The van der Waals surface area contributed by atoms with Crippen molar-refractivity contribution in [1.29, 1.82) is 0 Å². The fourth-order valence-corrected chi connectivity index (χ4v) is 2.70. The molecular weight excluding hydrogens is 304 g/mol. The molecule has 1 atom stereocenters. The standard InChI is InChI=1S/C18H22N4O2/c1-22(2)17-11-13(7-9-19-17)12-20-18(23)21-15-8-10-24-16-6-4-3-5-14(15)16/h3-7,9,11,15H,8,10,12H2,1-2H3,(H2,20,21,23). The van der Waals surface area contributed by atoms with Crippen LogP contribution in [0.25, 0.3) is 0 Å². The van der Waals surface area contributed by atoms with Crippen LogP contribution in [0, 0.1) is 0 Å². The lowest BCUT2D eigenvalue weighted by Crippen LogP contribution is -2.39. The highest BCUT2D eigenvalue weighted by Crippen LogP contribution is 2.31. The van der Waals surface area contributed by atoms with E-state index < -0.39 is 0 Å². The molecule has 6 heteroatoms. The molecule has 2 aromatic rings. The van der Waals surface area contributed by atoms with Gasteiger partial charge in [-0.05, 0) is 23.8 Å². The Morgan fingerprint density at radius 2 is 2.17 bits per heavy atom. The Morgan fingerprint density at radius 1 is 1.33 bits per heavy atom. The Kier molecular flexibility index (Phi) is 4.84. The average molecular weight is 326 g/mol. The summed E-state index contributed by atoms with van der Waals surface area (Å²) in [7, 11) is 3.88. The van der Waals surface area contributed by atoms with E-state index in [9.17, 15) is 4.79 Å². The molecule has 0 radical (unpaired) electrons. The van der Waals surface area contributed by atoms with Gasteiger partial charge < -0.3 is 20.3 Å². The van der Waals surface area contributed by atoms with Crippen molar-refractivity contribution >= 4 is 11.8 Å². The number of fused-ring (bicyclic) bond motifs is 1. The van der Waals surface area contributed by atoms with Gasteiger partial charge in [0.05, 0.1) is 12.6 Å². The Hall–Kier alpha value is -2.76. The van der Waals surface area contributed by atoms with Crippen LogP contribution in [-0.4, -0.2) is 31.7 Å². The van der Waals surface area contributed by atoms with Crippen molar-refractivity contribution in [3.05, 3.63) is 53.7 Å². The first kappa shape index (κ1) is 16.1. The fourth-order valence-electron chi connectivity index (χ4n) is 2.70. The highest BCUT2D eigenvalue weighted by molar-refractivity contribution is 5.74.